The predicted molar refractivity (Wildman–Crippen MR) is 85.1 cm³/mol. The Balaban J connectivity index is 0.00000220. The number of halogens is 1. The fraction of sp³-hybridized carbons (Fsp3) is 0.867. The highest BCUT2D eigenvalue weighted by molar-refractivity contribution is 5.85. The molecule has 0 aromatic heterocycles. The number of nitrogens with two attached hydrogens (primary N) is 1. The van der Waals surface area contributed by atoms with Gasteiger partial charge in [0.05, 0.1) is 5.92 Å². The largest absolute Gasteiger partial charge is 0.355 e. The SMILES string of the molecule is CCC1(C)CC1C(=O)N1CCCC(C(=O)NCCN)C1.Cl. The standard InChI is InChI=1S/C15H27N3O2.ClH/c1-3-15(2)9-12(15)14(20)18-8-4-5-11(10-18)13(19)17-7-6-16;/h11-12H,3-10,16H2,1-2H3,(H,17,19);1H. The monoisotopic (exact) mass is 317 g/mol. The summed E-state index contributed by atoms with van der Waals surface area (Å²) in [5.74, 6) is 0.414. The molecule has 0 radical (unpaired) electrons. The van der Waals surface area contributed by atoms with Gasteiger partial charge >= 0.3 is 0 Å². The summed E-state index contributed by atoms with van der Waals surface area (Å²) >= 11 is 0. The minimum Gasteiger partial charge on any atom is -0.355 e. The van der Waals surface area contributed by atoms with Crippen molar-refractivity contribution in [1.82, 2.24) is 10.2 Å². The van der Waals surface area contributed by atoms with Gasteiger partial charge in [-0.15, -0.1) is 12.4 Å². The molecule has 1 heterocycles. The summed E-state index contributed by atoms with van der Waals surface area (Å²) in [6.45, 7) is 6.68. The maximum Gasteiger partial charge on any atom is 0.226 e. The third-order valence-corrected chi connectivity index (χ3v) is 5.00. The lowest BCUT2D eigenvalue weighted by molar-refractivity contribution is -0.137. The second-order valence-corrected chi connectivity index (χ2v) is 6.47. The van der Waals surface area contributed by atoms with E-state index in [4.69, 9.17) is 5.73 Å². The smallest absolute Gasteiger partial charge is 0.226 e. The zero-order valence-electron chi connectivity index (χ0n) is 13.1. The predicted octanol–water partition coefficient (Wildman–Crippen LogP) is 1.16. The van der Waals surface area contributed by atoms with Crippen LogP contribution in [0.3, 0.4) is 0 Å². The lowest BCUT2D eigenvalue weighted by atomic mass is 9.95. The molecule has 0 aromatic rings. The molecular weight excluding hydrogens is 290 g/mol. The van der Waals surface area contributed by atoms with Gasteiger partial charge in [0.1, 0.15) is 0 Å². The summed E-state index contributed by atoms with van der Waals surface area (Å²) in [6.07, 6.45) is 3.85. The van der Waals surface area contributed by atoms with Crippen LogP contribution < -0.4 is 11.1 Å². The van der Waals surface area contributed by atoms with Gasteiger partial charge in [-0.05, 0) is 31.1 Å². The number of amides is 2. The van der Waals surface area contributed by atoms with Crippen LogP contribution in [0.25, 0.3) is 0 Å². The van der Waals surface area contributed by atoms with Gasteiger partial charge in [-0.25, -0.2) is 0 Å². The highest BCUT2D eigenvalue weighted by Crippen LogP contribution is 2.55. The van der Waals surface area contributed by atoms with Crippen LogP contribution in [0.4, 0.5) is 0 Å². The third kappa shape index (κ3) is 4.10. The zero-order valence-corrected chi connectivity index (χ0v) is 13.9. The molecule has 1 saturated heterocycles. The summed E-state index contributed by atoms with van der Waals surface area (Å²) in [4.78, 5) is 26.4. The molecule has 1 aliphatic carbocycles. The molecule has 122 valence electrons. The zero-order chi connectivity index (χ0) is 14.8. The highest BCUT2D eigenvalue weighted by atomic mass is 35.5. The second-order valence-electron chi connectivity index (χ2n) is 6.47. The summed E-state index contributed by atoms with van der Waals surface area (Å²) in [5.41, 5.74) is 5.60. The minimum atomic E-state index is -0.0640. The summed E-state index contributed by atoms with van der Waals surface area (Å²) in [7, 11) is 0. The van der Waals surface area contributed by atoms with Crippen LogP contribution in [0.5, 0.6) is 0 Å². The Morgan fingerprint density at radius 2 is 2.14 bits per heavy atom. The van der Waals surface area contributed by atoms with E-state index in [9.17, 15) is 9.59 Å². The van der Waals surface area contributed by atoms with Crippen molar-refractivity contribution in [3.63, 3.8) is 0 Å². The van der Waals surface area contributed by atoms with E-state index in [-0.39, 0.29) is 41.5 Å². The van der Waals surface area contributed by atoms with Crippen molar-refractivity contribution in [3.8, 4) is 0 Å². The second kappa shape index (κ2) is 7.45. The first-order valence-corrected chi connectivity index (χ1v) is 7.78. The molecule has 2 amide bonds. The molecule has 3 unspecified atom stereocenters. The van der Waals surface area contributed by atoms with Gasteiger partial charge in [0.2, 0.25) is 11.8 Å². The molecule has 5 nitrogen and oxygen atoms in total. The first kappa shape index (κ1) is 18.2. The van der Waals surface area contributed by atoms with E-state index in [2.05, 4.69) is 19.2 Å². The lowest BCUT2D eigenvalue weighted by Gasteiger charge is -2.32. The Kier molecular flexibility index (Phi) is 6.47. The maximum absolute atomic E-state index is 12.5. The number of nitrogens with one attached hydrogen (secondary N) is 1. The van der Waals surface area contributed by atoms with Crippen LogP contribution in [-0.4, -0.2) is 42.9 Å². The number of piperidine rings is 1. The molecular formula is C15H28ClN3O2. The molecule has 2 fully saturated rings. The molecule has 3 N–H and O–H groups in total. The molecule has 2 aliphatic rings. The van der Waals surface area contributed by atoms with Gasteiger partial charge in [0, 0.05) is 32.1 Å². The van der Waals surface area contributed by atoms with Crippen molar-refractivity contribution < 1.29 is 9.59 Å². The number of carbonyl (C=O) groups is 2. The molecule has 21 heavy (non-hydrogen) atoms. The summed E-state index contributed by atoms with van der Waals surface area (Å²) in [6, 6.07) is 0. The van der Waals surface area contributed by atoms with Gasteiger partial charge in [0.15, 0.2) is 0 Å². The van der Waals surface area contributed by atoms with E-state index in [1.54, 1.807) is 0 Å². The van der Waals surface area contributed by atoms with Crippen LogP contribution in [0.2, 0.25) is 0 Å². The van der Waals surface area contributed by atoms with Crippen molar-refractivity contribution in [2.75, 3.05) is 26.2 Å². The van der Waals surface area contributed by atoms with Gasteiger partial charge in [-0.2, -0.15) is 0 Å². The van der Waals surface area contributed by atoms with Gasteiger partial charge in [-0.1, -0.05) is 13.8 Å². The Morgan fingerprint density at radius 3 is 2.71 bits per heavy atom. The molecule has 0 spiro atoms. The Hall–Kier alpha value is -0.810. The minimum absolute atomic E-state index is 0. The van der Waals surface area contributed by atoms with Crippen molar-refractivity contribution in [2.45, 2.75) is 39.5 Å². The van der Waals surface area contributed by atoms with Crippen LogP contribution in [0.1, 0.15) is 39.5 Å². The summed E-state index contributed by atoms with van der Waals surface area (Å²) in [5, 5.41) is 2.83. The molecule has 2 rings (SSSR count). The van der Waals surface area contributed by atoms with Crippen molar-refractivity contribution in [2.24, 2.45) is 23.0 Å². The van der Waals surface area contributed by atoms with Gasteiger partial charge in [-0.3, -0.25) is 9.59 Å². The maximum atomic E-state index is 12.5. The molecule has 6 heteroatoms. The van der Waals surface area contributed by atoms with Crippen molar-refractivity contribution in [3.05, 3.63) is 0 Å². The third-order valence-electron chi connectivity index (χ3n) is 5.00. The number of hydrogen-bond donors (Lipinski definition) is 2. The number of rotatable bonds is 5. The molecule has 1 saturated carbocycles. The molecule has 1 aliphatic heterocycles. The lowest BCUT2D eigenvalue weighted by Crippen LogP contribution is -2.47. The molecule has 3 atom stereocenters. The Bertz CT molecular complexity index is 391. The number of nitrogens with zero attached hydrogens (tertiary/aromatic N) is 1. The number of hydrogen-bond acceptors (Lipinski definition) is 3. The fourth-order valence-corrected chi connectivity index (χ4v) is 3.13. The van der Waals surface area contributed by atoms with Gasteiger partial charge in [0.25, 0.3) is 0 Å². The quantitative estimate of drug-likeness (QED) is 0.799. The number of carbonyl (C=O) groups excluding carboxylic acids is 2. The van der Waals surface area contributed by atoms with E-state index >= 15 is 0 Å². The first-order valence-electron chi connectivity index (χ1n) is 7.78. The van der Waals surface area contributed by atoms with Crippen LogP contribution in [0.15, 0.2) is 0 Å². The highest BCUT2D eigenvalue weighted by Gasteiger charge is 2.54. The Labute approximate surface area is 133 Å². The topological polar surface area (TPSA) is 75.4 Å². The van der Waals surface area contributed by atoms with E-state index < -0.39 is 0 Å². The van der Waals surface area contributed by atoms with E-state index in [0.29, 0.717) is 19.6 Å². The molecule has 0 bridgehead atoms. The first-order chi connectivity index (χ1) is 9.51. The van der Waals surface area contributed by atoms with Gasteiger partial charge < -0.3 is 16.0 Å². The van der Waals surface area contributed by atoms with Crippen LogP contribution in [0, 0.1) is 17.3 Å². The molecule has 0 aromatic carbocycles. The van der Waals surface area contributed by atoms with Crippen LogP contribution in [-0.2, 0) is 9.59 Å². The summed E-state index contributed by atoms with van der Waals surface area (Å²) < 4.78 is 0. The average Bonchev–Trinajstić information content (AvgIpc) is 3.17. The van der Waals surface area contributed by atoms with Crippen LogP contribution >= 0.6 is 12.4 Å². The number of likely N-dealkylation sites (tertiary alicyclic amines) is 1. The van der Waals surface area contributed by atoms with Crippen molar-refractivity contribution in [1.29, 1.82) is 0 Å². The normalized spacial score (nSPS) is 31.3. The van der Waals surface area contributed by atoms with E-state index in [1.807, 2.05) is 4.90 Å². The van der Waals surface area contributed by atoms with Crippen molar-refractivity contribution >= 4 is 24.2 Å². The Morgan fingerprint density at radius 1 is 1.43 bits per heavy atom. The average molecular weight is 318 g/mol. The van der Waals surface area contributed by atoms with E-state index in [0.717, 1.165) is 32.2 Å². The fourth-order valence-electron chi connectivity index (χ4n) is 3.13. The van der Waals surface area contributed by atoms with E-state index in [1.165, 1.54) is 0 Å².